The van der Waals surface area contributed by atoms with Crippen LogP contribution in [0.2, 0.25) is 0 Å². The number of rotatable bonds is 1. The van der Waals surface area contributed by atoms with Gasteiger partial charge in [-0.2, -0.15) is 13.2 Å². The number of carbonyl (C=O) groups is 1. The molecule has 20 heavy (non-hydrogen) atoms. The summed E-state index contributed by atoms with van der Waals surface area (Å²) in [7, 11) is 0. The van der Waals surface area contributed by atoms with Gasteiger partial charge in [0.25, 0.3) is 5.91 Å². The first-order chi connectivity index (χ1) is 9.30. The third kappa shape index (κ3) is 3.15. The zero-order chi connectivity index (χ0) is 14.9. The highest BCUT2D eigenvalue weighted by atomic mass is 79.9. The van der Waals surface area contributed by atoms with E-state index in [0.717, 1.165) is 12.1 Å². The van der Waals surface area contributed by atoms with Crippen molar-refractivity contribution in [3.05, 3.63) is 33.8 Å². The summed E-state index contributed by atoms with van der Waals surface area (Å²) in [6, 6.07) is 3.09. The molecule has 2 rings (SSSR count). The number of hydrogen-bond donors (Lipinski definition) is 1. The molecule has 1 atom stereocenters. The zero-order valence-electron chi connectivity index (χ0n) is 10.8. The molecule has 1 unspecified atom stereocenters. The van der Waals surface area contributed by atoms with Crippen LogP contribution in [0.25, 0.3) is 0 Å². The van der Waals surface area contributed by atoms with Gasteiger partial charge in [-0.05, 0) is 41.1 Å². The van der Waals surface area contributed by atoms with Gasteiger partial charge in [-0.25, -0.2) is 0 Å². The van der Waals surface area contributed by atoms with Crippen LogP contribution in [-0.4, -0.2) is 36.5 Å². The van der Waals surface area contributed by atoms with Crippen LogP contribution in [0.3, 0.4) is 0 Å². The first-order valence-electron chi connectivity index (χ1n) is 6.19. The van der Waals surface area contributed by atoms with E-state index in [9.17, 15) is 18.0 Å². The Balaban J connectivity index is 2.33. The number of piperazine rings is 1. The number of benzene rings is 1. The highest BCUT2D eigenvalue weighted by Gasteiger charge is 2.33. The second-order valence-corrected chi connectivity index (χ2v) is 5.60. The van der Waals surface area contributed by atoms with Crippen molar-refractivity contribution in [1.82, 2.24) is 10.2 Å². The van der Waals surface area contributed by atoms with E-state index in [1.165, 1.54) is 6.07 Å². The van der Waals surface area contributed by atoms with Crippen LogP contribution in [0.4, 0.5) is 13.2 Å². The average Bonchev–Trinajstić information content (AvgIpc) is 2.37. The summed E-state index contributed by atoms with van der Waals surface area (Å²) in [5.41, 5.74) is -0.764. The van der Waals surface area contributed by atoms with Crippen molar-refractivity contribution in [3.63, 3.8) is 0 Å². The van der Waals surface area contributed by atoms with Gasteiger partial charge in [-0.1, -0.05) is 0 Å². The molecule has 1 aromatic rings. The van der Waals surface area contributed by atoms with Gasteiger partial charge in [0.05, 0.1) is 11.1 Å². The molecular weight excluding hydrogens is 337 g/mol. The fraction of sp³-hybridized carbons (Fsp3) is 0.462. The molecule has 7 heteroatoms. The number of halogens is 4. The largest absolute Gasteiger partial charge is 0.416 e. The molecule has 1 aliphatic heterocycles. The Labute approximate surface area is 123 Å². The van der Waals surface area contributed by atoms with Crippen LogP contribution < -0.4 is 5.32 Å². The minimum atomic E-state index is -4.45. The number of nitrogens with zero attached hydrogens (tertiary/aromatic N) is 1. The minimum Gasteiger partial charge on any atom is -0.333 e. The van der Waals surface area contributed by atoms with Crippen LogP contribution in [-0.2, 0) is 6.18 Å². The summed E-state index contributed by atoms with van der Waals surface area (Å²) < 4.78 is 38.6. The third-order valence-electron chi connectivity index (χ3n) is 3.29. The zero-order valence-corrected chi connectivity index (χ0v) is 12.4. The maximum absolute atomic E-state index is 12.7. The molecule has 0 aromatic heterocycles. The predicted octanol–water partition coefficient (Wildman–Crippen LogP) is 2.90. The third-order valence-corrected chi connectivity index (χ3v) is 3.98. The Morgan fingerprint density at radius 3 is 2.75 bits per heavy atom. The van der Waals surface area contributed by atoms with Crippen molar-refractivity contribution in [2.75, 3.05) is 19.6 Å². The van der Waals surface area contributed by atoms with Gasteiger partial charge >= 0.3 is 6.18 Å². The van der Waals surface area contributed by atoms with Crippen molar-refractivity contribution in [2.24, 2.45) is 0 Å². The number of nitrogens with one attached hydrogen (secondary N) is 1. The summed E-state index contributed by atoms with van der Waals surface area (Å²) in [5.74, 6) is -0.378. The van der Waals surface area contributed by atoms with E-state index in [-0.39, 0.29) is 17.5 Å². The molecule has 1 fully saturated rings. The maximum atomic E-state index is 12.7. The molecule has 1 heterocycles. The summed E-state index contributed by atoms with van der Waals surface area (Å²) in [6.45, 7) is 3.64. The van der Waals surface area contributed by atoms with Crippen molar-refractivity contribution in [1.29, 1.82) is 0 Å². The lowest BCUT2D eigenvalue weighted by Gasteiger charge is -2.34. The van der Waals surface area contributed by atoms with Crippen LogP contribution in [0, 0.1) is 0 Å². The number of carbonyl (C=O) groups excluding carboxylic acids is 1. The van der Waals surface area contributed by atoms with Gasteiger partial charge in [0, 0.05) is 30.1 Å². The molecule has 0 saturated carbocycles. The maximum Gasteiger partial charge on any atom is 0.416 e. The minimum absolute atomic E-state index is 0.0438. The summed E-state index contributed by atoms with van der Waals surface area (Å²) >= 11 is 3.15. The summed E-state index contributed by atoms with van der Waals surface area (Å²) in [6.07, 6.45) is -4.45. The second-order valence-electron chi connectivity index (χ2n) is 4.74. The Morgan fingerprint density at radius 1 is 1.45 bits per heavy atom. The van der Waals surface area contributed by atoms with Crippen molar-refractivity contribution in [3.8, 4) is 0 Å². The van der Waals surface area contributed by atoms with Crippen LogP contribution in [0.1, 0.15) is 22.8 Å². The first kappa shape index (κ1) is 15.3. The molecule has 1 N–H and O–H groups in total. The Kier molecular flexibility index (Phi) is 4.39. The van der Waals surface area contributed by atoms with E-state index in [4.69, 9.17) is 0 Å². The lowest BCUT2D eigenvalue weighted by Crippen LogP contribution is -2.52. The lowest BCUT2D eigenvalue weighted by atomic mass is 10.1. The fourth-order valence-corrected chi connectivity index (χ4v) is 2.58. The topological polar surface area (TPSA) is 32.3 Å². The fourth-order valence-electron chi connectivity index (χ4n) is 2.16. The Bertz CT molecular complexity index is 519. The molecular formula is C13H14BrF3N2O. The smallest absolute Gasteiger partial charge is 0.333 e. The summed E-state index contributed by atoms with van der Waals surface area (Å²) in [4.78, 5) is 14.0. The monoisotopic (exact) mass is 350 g/mol. The first-order valence-corrected chi connectivity index (χ1v) is 6.98. The van der Waals surface area contributed by atoms with Gasteiger partial charge in [0.1, 0.15) is 0 Å². The van der Waals surface area contributed by atoms with Gasteiger partial charge in [0.2, 0.25) is 0 Å². The van der Waals surface area contributed by atoms with E-state index < -0.39 is 11.7 Å². The standard InChI is InChI=1S/C13H14BrF3N2O/c1-8-7-18-4-5-19(8)12(20)10-6-9(13(15,16)17)2-3-11(10)14/h2-3,6,8,18H,4-5,7H2,1H3. The van der Waals surface area contributed by atoms with Crippen LogP contribution in [0.5, 0.6) is 0 Å². The summed E-state index contributed by atoms with van der Waals surface area (Å²) in [5, 5.41) is 3.14. The van der Waals surface area contributed by atoms with E-state index in [2.05, 4.69) is 21.2 Å². The average molecular weight is 351 g/mol. The van der Waals surface area contributed by atoms with Crippen LogP contribution >= 0.6 is 15.9 Å². The quantitative estimate of drug-likeness (QED) is 0.844. The normalized spacial score (nSPS) is 20.1. The van der Waals surface area contributed by atoms with E-state index >= 15 is 0 Å². The molecule has 1 amide bonds. The van der Waals surface area contributed by atoms with Gasteiger partial charge in [-0.3, -0.25) is 4.79 Å². The van der Waals surface area contributed by atoms with E-state index in [0.29, 0.717) is 24.1 Å². The van der Waals surface area contributed by atoms with Crippen molar-refractivity contribution in [2.45, 2.75) is 19.1 Å². The Morgan fingerprint density at radius 2 is 2.15 bits per heavy atom. The SMILES string of the molecule is CC1CNCCN1C(=O)c1cc(C(F)(F)F)ccc1Br. The molecule has 0 aliphatic carbocycles. The molecule has 110 valence electrons. The highest BCUT2D eigenvalue weighted by molar-refractivity contribution is 9.10. The molecule has 0 radical (unpaired) electrons. The van der Waals surface area contributed by atoms with E-state index in [1.54, 1.807) is 4.90 Å². The Hall–Kier alpha value is -1.08. The molecule has 0 bridgehead atoms. The van der Waals surface area contributed by atoms with Crippen molar-refractivity contribution < 1.29 is 18.0 Å². The van der Waals surface area contributed by atoms with Gasteiger partial charge < -0.3 is 10.2 Å². The predicted molar refractivity (Wildman–Crippen MR) is 72.5 cm³/mol. The number of hydrogen-bond acceptors (Lipinski definition) is 2. The molecule has 0 spiro atoms. The number of amides is 1. The molecule has 1 saturated heterocycles. The van der Waals surface area contributed by atoms with Gasteiger partial charge in [0.15, 0.2) is 0 Å². The molecule has 1 aliphatic rings. The van der Waals surface area contributed by atoms with Crippen molar-refractivity contribution >= 4 is 21.8 Å². The van der Waals surface area contributed by atoms with E-state index in [1.807, 2.05) is 6.92 Å². The van der Waals surface area contributed by atoms with Gasteiger partial charge in [-0.15, -0.1) is 0 Å². The second kappa shape index (κ2) is 5.73. The number of alkyl halides is 3. The lowest BCUT2D eigenvalue weighted by molar-refractivity contribution is -0.137. The van der Waals surface area contributed by atoms with Crippen LogP contribution in [0.15, 0.2) is 22.7 Å². The highest BCUT2D eigenvalue weighted by Crippen LogP contribution is 2.32. The molecule has 1 aromatic carbocycles. The molecule has 3 nitrogen and oxygen atoms in total.